The summed E-state index contributed by atoms with van der Waals surface area (Å²) in [6, 6.07) is 10.5. The fourth-order valence-corrected chi connectivity index (χ4v) is 4.71. The van der Waals surface area contributed by atoms with E-state index in [1.807, 2.05) is 24.5 Å². The molecule has 1 aliphatic rings. The molecule has 150 valence electrons. The van der Waals surface area contributed by atoms with Gasteiger partial charge in [0.15, 0.2) is 4.80 Å². The number of imide groups is 1. The van der Waals surface area contributed by atoms with Crippen LogP contribution in [0, 0.1) is 26.2 Å². The molecule has 6 nitrogen and oxygen atoms in total. The fourth-order valence-electron chi connectivity index (χ4n) is 3.64. The minimum absolute atomic E-state index is 0.189. The molecule has 3 aromatic rings. The van der Waals surface area contributed by atoms with E-state index in [1.165, 1.54) is 17.4 Å². The first kappa shape index (κ1) is 19.8. The number of aryl methyl sites for hydroxylation is 2. The second-order valence-corrected chi connectivity index (χ2v) is 8.17. The Balaban J connectivity index is 1.79. The molecule has 0 N–H and O–H groups in total. The van der Waals surface area contributed by atoms with Crippen molar-refractivity contribution in [3.63, 3.8) is 0 Å². The summed E-state index contributed by atoms with van der Waals surface area (Å²) in [5, 5.41) is 0. The van der Waals surface area contributed by atoms with E-state index >= 15 is 0 Å². The van der Waals surface area contributed by atoms with E-state index in [4.69, 9.17) is 6.42 Å². The van der Waals surface area contributed by atoms with Crippen LogP contribution < -0.4 is 9.70 Å². The third-order valence-corrected chi connectivity index (χ3v) is 6.19. The van der Waals surface area contributed by atoms with Gasteiger partial charge in [-0.25, -0.2) is 0 Å². The van der Waals surface area contributed by atoms with Crippen molar-refractivity contribution < 1.29 is 14.4 Å². The summed E-state index contributed by atoms with van der Waals surface area (Å²) in [7, 11) is 0. The molecular formula is C23H19N3O3S. The van der Waals surface area contributed by atoms with Gasteiger partial charge in [0, 0.05) is 18.4 Å². The normalized spacial score (nSPS) is 14.6. The van der Waals surface area contributed by atoms with E-state index in [0.29, 0.717) is 22.6 Å². The molecule has 0 radical (unpaired) electrons. The number of hydrogen-bond donors (Lipinski definition) is 0. The molecule has 0 saturated carbocycles. The highest BCUT2D eigenvalue weighted by Crippen LogP contribution is 2.25. The zero-order valence-electron chi connectivity index (χ0n) is 16.6. The maximum absolute atomic E-state index is 12.9. The van der Waals surface area contributed by atoms with E-state index in [-0.39, 0.29) is 24.7 Å². The predicted octanol–water partition coefficient (Wildman–Crippen LogP) is 3.35. The van der Waals surface area contributed by atoms with E-state index < -0.39 is 5.91 Å². The third-order valence-electron chi connectivity index (χ3n) is 4.96. The minimum Gasteiger partial charge on any atom is -0.305 e. The average Bonchev–Trinajstić information content (AvgIpc) is 3.22. The Bertz CT molecular complexity index is 1310. The number of carbonyl (C=O) groups is 3. The van der Waals surface area contributed by atoms with Crippen LogP contribution in [-0.4, -0.2) is 22.3 Å². The van der Waals surface area contributed by atoms with Crippen molar-refractivity contribution in [3.05, 3.63) is 57.9 Å². The highest BCUT2D eigenvalue weighted by Gasteiger charge is 2.30. The van der Waals surface area contributed by atoms with Crippen LogP contribution in [0.3, 0.4) is 0 Å². The number of carbonyl (C=O) groups excluding carboxylic acids is 3. The van der Waals surface area contributed by atoms with Crippen molar-refractivity contribution in [2.75, 3.05) is 4.90 Å². The number of thiazole rings is 1. The Hall–Kier alpha value is -3.50. The predicted molar refractivity (Wildman–Crippen MR) is 116 cm³/mol. The molecular weight excluding hydrogens is 398 g/mol. The van der Waals surface area contributed by atoms with Crippen molar-refractivity contribution in [3.8, 4) is 12.3 Å². The molecule has 1 aromatic heterocycles. The van der Waals surface area contributed by atoms with Gasteiger partial charge in [0.05, 0.1) is 22.4 Å². The van der Waals surface area contributed by atoms with Crippen LogP contribution in [0.5, 0.6) is 0 Å². The first-order valence-corrected chi connectivity index (χ1v) is 10.3. The molecule has 3 amide bonds. The summed E-state index contributed by atoms with van der Waals surface area (Å²) in [5.41, 5.74) is 3.85. The standard InChI is InChI=1S/C23H19N3O3S/c1-4-10-25-18-12-14(2)11-15(3)21(18)30-23(25)24-22(29)16-6-5-7-17(13-16)26-19(27)8-9-20(26)28/h1,5-7,11-13H,8-10H2,2-3H3. The monoisotopic (exact) mass is 417 g/mol. The Morgan fingerprint density at radius 3 is 2.60 bits per heavy atom. The van der Waals surface area contributed by atoms with Crippen LogP contribution in [0.25, 0.3) is 10.2 Å². The maximum Gasteiger partial charge on any atom is 0.279 e. The van der Waals surface area contributed by atoms with Gasteiger partial charge < -0.3 is 4.57 Å². The molecule has 1 aliphatic heterocycles. The minimum atomic E-state index is -0.456. The van der Waals surface area contributed by atoms with Crippen LogP contribution in [-0.2, 0) is 16.1 Å². The van der Waals surface area contributed by atoms with Crippen molar-refractivity contribution in [1.82, 2.24) is 4.57 Å². The molecule has 4 rings (SSSR count). The lowest BCUT2D eigenvalue weighted by atomic mass is 10.1. The number of hydrogen-bond acceptors (Lipinski definition) is 4. The van der Waals surface area contributed by atoms with E-state index in [9.17, 15) is 14.4 Å². The van der Waals surface area contributed by atoms with E-state index in [1.54, 1.807) is 18.2 Å². The molecule has 30 heavy (non-hydrogen) atoms. The first-order valence-electron chi connectivity index (χ1n) is 9.48. The third kappa shape index (κ3) is 3.46. The number of amides is 3. The smallest absolute Gasteiger partial charge is 0.279 e. The lowest BCUT2D eigenvalue weighted by Gasteiger charge is -2.14. The van der Waals surface area contributed by atoms with Crippen molar-refractivity contribution >= 4 is 45.0 Å². The summed E-state index contributed by atoms with van der Waals surface area (Å²) in [5.74, 6) is 1.65. The van der Waals surface area contributed by atoms with Crippen LogP contribution in [0.15, 0.2) is 41.4 Å². The lowest BCUT2D eigenvalue weighted by molar-refractivity contribution is -0.121. The number of benzene rings is 2. The molecule has 0 spiro atoms. The molecule has 2 aromatic carbocycles. The Kier molecular flexibility index (Phi) is 5.10. The zero-order valence-corrected chi connectivity index (χ0v) is 17.5. The van der Waals surface area contributed by atoms with Crippen molar-refractivity contribution in [2.45, 2.75) is 33.2 Å². The summed E-state index contributed by atoms with van der Waals surface area (Å²) in [4.78, 5) is 42.9. The zero-order chi connectivity index (χ0) is 21.4. The van der Waals surface area contributed by atoms with Crippen molar-refractivity contribution in [2.24, 2.45) is 4.99 Å². The first-order chi connectivity index (χ1) is 14.4. The van der Waals surface area contributed by atoms with Gasteiger partial charge in [0.2, 0.25) is 11.8 Å². The molecule has 1 fully saturated rings. The summed E-state index contributed by atoms with van der Waals surface area (Å²) < 4.78 is 2.89. The molecule has 0 atom stereocenters. The maximum atomic E-state index is 12.9. The molecule has 2 heterocycles. The Morgan fingerprint density at radius 1 is 1.17 bits per heavy atom. The van der Waals surface area contributed by atoms with Gasteiger partial charge in [-0.1, -0.05) is 29.4 Å². The van der Waals surface area contributed by atoms with E-state index in [2.05, 4.69) is 17.0 Å². The summed E-state index contributed by atoms with van der Waals surface area (Å²) >= 11 is 1.41. The molecule has 0 unspecified atom stereocenters. The summed E-state index contributed by atoms with van der Waals surface area (Å²) in [6.07, 6.45) is 5.93. The average molecular weight is 417 g/mol. The van der Waals surface area contributed by atoms with Gasteiger partial charge in [0.1, 0.15) is 0 Å². The number of aromatic nitrogens is 1. The van der Waals surface area contributed by atoms with Crippen LogP contribution in [0.2, 0.25) is 0 Å². The molecule has 1 saturated heterocycles. The Labute approximate surface area is 177 Å². The van der Waals surface area contributed by atoms with Gasteiger partial charge in [-0.05, 0) is 49.2 Å². The largest absolute Gasteiger partial charge is 0.305 e. The number of terminal acetylenes is 1. The number of fused-ring (bicyclic) bond motifs is 1. The van der Waals surface area contributed by atoms with Gasteiger partial charge in [-0.15, -0.1) is 6.42 Å². The number of anilines is 1. The SMILES string of the molecule is C#CCn1c(=NC(=O)c2cccc(N3C(=O)CCC3=O)c2)sc2c(C)cc(C)cc21. The summed E-state index contributed by atoms with van der Waals surface area (Å²) in [6.45, 7) is 4.33. The Morgan fingerprint density at radius 2 is 1.90 bits per heavy atom. The second kappa shape index (κ2) is 7.73. The van der Waals surface area contributed by atoms with Gasteiger partial charge >= 0.3 is 0 Å². The topological polar surface area (TPSA) is 71.7 Å². The highest BCUT2D eigenvalue weighted by molar-refractivity contribution is 7.16. The second-order valence-electron chi connectivity index (χ2n) is 7.20. The van der Waals surface area contributed by atoms with E-state index in [0.717, 1.165) is 26.2 Å². The number of nitrogens with zero attached hydrogens (tertiary/aromatic N) is 3. The van der Waals surface area contributed by atoms with Crippen molar-refractivity contribution in [1.29, 1.82) is 0 Å². The number of rotatable bonds is 3. The van der Waals surface area contributed by atoms with Gasteiger partial charge in [0.25, 0.3) is 5.91 Å². The van der Waals surface area contributed by atoms with Crippen LogP contribution in [0.4, 0.5) is 5.69 Å². The van der Waals surface area contributed by atoms with Gasteiger partial charge in [-0.2, -0.15) is 4.99 Å². The van der Waals surface area contributed by atoms with Gasteiger partial charge in [-0.3, -0.25) is 19.3 Å². The van der Waals surface area contributed by atoms with Crippen LogP contribution >= 0.6 is 11.3 Å². The quantitative estimate of drug-likeness (QED) is 0.485. The lowest BCUT2D eigenvalue weighted by Crippen LogP contribution is -2.28. The highest BCUT2D eigenvalue weighted by atomic mass is 32.1. The fraction of sp³-hybridized carbons (Fsp3) is 0.217. The molecule has 0 bridgehead atoms. The molecule has 0 aliphatic carbocycles. The van der Waals surface area contributed by atoms with Crippen LogP contribution in [0.1, 0.15) is 34.3 Å². The molecule has 7 heteroatoms.